The third-order valence-corrected chi connectivity index (χ3v) is 5.44. The summed E-state index contributed by atoms with van der Waals surface area (Å²) in [6.45, 7) is 13.7. The van der Waals surface area contributed by atoms with Gasteiger partial charge in [-0.05, 0) is 78.2 Å². The van der Waals surface area contributed by atoms with Gasteiger partial charge in [0, 0.05) is 10.0 Å². The lowest BCUT2D eigenvalue weighted by molar-refractivity contribution is 0.000565. The molecule has 1 aliphatic rings. The second-order valence-electron chi connectivity index (χ2n) is 8.75. The molecule has 1 aromatic carbocycles. The predicted molar refractivity (Wildman–Crippen MR) is 111 cm³/mol. The van der Waals surface area contributed by atoms with E-state index in [-0.39, 0.29) is 5.60 Å². The van der Waals surface area contributed by atoms with E-state index in [1.165, 1.54) is 0 Å². The van der Waals surface area contributed by atoms with Gasteiger partial charge in [0.1, 0.15) is 5.73 Å². The van der Waals surface area contributed by atoms with Crippen LogP contribution < -0.4 is 0 Å². The van der Waals surface area contributed by atoms with Crippen molar-refractivity contribution < 1.29 is 18.4 Å². The molecule has 0 bridgehead atoms. The van der Waals surface area contributed by atoms with E-state index in [0.717, 1.165) is 0 Å². The zero-order chi connectivity index (χ0) is 20.6. The van der Waals surface area contributed by atoms with Crippen molar-refractivity contribution in [2.24, 2.45) is 0 Å². The Morgan fingerprint density at radius 2 is 1.67 bits per heavy atom. The van der Waals surface area contributed by atoms with Crippen LogP contribution in [0.25, 0.3) is 5.57 Å². The summed E-state index contributed by atoms with van der Waals surface area (Å²) in [6.07, 6.45) is 0.328. The molecule has 0 radical (unpaired) electrons. The van der Waals surface area contributed by atoms with Crippen LogP contribution in [0.1, 0.15) is 60.5 Å². The van der Waals surface area contributed by atoms with Gasteiger partial charge in [-0.2, -0.15) is 0 Å². The summed E-state index contributed by atoms with van der Waals surface area (Å²) in [6, 6.07) is 4.99. The molecule has 1 aliphatic heterocycles. The molecule has 150 valence electrons. The molecule has 0 amide bonds. The van der Waals surface area contributed by atoms with Crippen LogP contribution in [-0.4, -0.2) is 30.5 Å². The van der Waals surface area contributed by atoms with Crippen molar-refractivity contribution in [2.45, 2.75) is 71.7 Å². The average molecular weight is 417 g/mol. The smallest absolute Gasteiger partial charge is 0.398 e. The summed E-state index contributed by atoms with van der Waals surface area (Å²) in [5, 5.41) is 0.866. The molecule has 3 nitrogen and oxygen atoms in total. The maximum Gasteiger partial charge on any atom is 0.525 e. The van der Waals surface area contributed by atoms with E-state index in [1.807, 2.05) is 48.5 Å². The Morgan fingerprint density at radius 3 is 2.15 bits per heavy atom. The molecule has 27 heavy (non-hydrogen) atoms. The van der Waals surface area contributed by atoms with Crippen molar-refractivity contribution in [3.05, 3.63) is 39.5 Å². The average Bonchev–Trinajstić information content (AvgIpc) is 2.71. The van der Waals surface area contributed by atoms with Gasteiger partial charge in [0.15, 0.2) is 0 Å². The first-order valence-electron chi connectivity index (χ1n) is 9.07. The topological polar surface area (TPSA) is 27.7 Å². The van der Waals surface area contributed by atoms with E-state index in [2.05, 4.69) is 0 Å². The van der Waals surface area contributed by atoms with E-state index in [9.17, 15) is 0 Å². The van der Waals surface area contributed by atoms with Gasteiger partial charge in [-0.25, -0.2) is 4.39 Å². The number of hydrogen-bond donors (Lipinski definition) is 0. The number of halogens is 3. The van der Waals surface area contributed by atoms with Crippen LogP contribution in [0.4, 0.5) is 4.39 Å². The second kappa shape index (κ2) is 8.04. The highest BCUT2D eigenvalue weighted by molar-refractivity contribution is 6.55. The summed E-state index contributed by atoms with van der Waals surface area (Å²) in [5.41, 5.74) is -1.12. The van der Waals surface area contributed by atoms with Gasteiger partial charge < -0.3 is 14.0 Å². The van der Waals surface area contributed by atoms with Crippen LogP contribution in [0.15, 0.2) is 23.9 Å². The number of ether oxygens (including phenoxy) is 1. The summed E-state index contributed by atoms with van der Waals surface area (Å²) in [7, 11) is -1.09. The molecule has 0 atom stereocenters. The highest BCUT2D eigenvalue weighted by Crippen LogP contribution is 2.41. The molecule has 0 spiro atoms. The second-order valence-corrected chi connectivity index (χ2v) is 9.59. The highest BCUT2D eigenvalue weighted by atomic mass is 35.5. The van der Waals surface area contributed by atoms with Crippen molar-refractivity contribution in [1.82, 2.24) is 0 Å². The molecular formula is C20H28BCl2FO3. The van der Waals surface area contributed by atoms with Gasteiger partial charge in [0.05, 0.1) is 23.4 Å². The quantitative estimate of drug-likeness (QED) is 0.512. The summed E-state index contributed by atoms with van der Waals surface area (Å²) in [4.78, 5) is 0. The number of hydrogen-bond acceptors (Lipinski definition) is 3. The van der Waals surface area contributed by atoms with Crippen molar-refractivity contribution >= 4 is 35.9 Å². The van der Waals surface area contributed by atoms with Crippen LogP contribution in [-0.2, 0) is 14.0 Å². The Hall–Kier alpha value is -0.585. The van der Waals surface area contributed by atoms with Crippen LogP contribution in [0, 0.1) is 0 Å². The Kier molecular flexibility index (Phi) is 6.76. The maximum absolute atomic E-state index is 15.5. The molecule has 0 aromatic heterocycles. The Bertz CT molecular complexity index is 710. The first kappa shape index (κ1) is 22.7. The fourth-order valence-corrected chi connectivity index (χ4v) is 3.19. The molecule has 0 saturated carbocycles. The van der Waals surface area contributed by atoms with Crippen molar-refractivity contribution in [1.29, 1.82) is 0 Å². The molecule has 0 aliphatic carbocycles. The standard InChI is InChI=1S/C20H28BCl2FO3/c1-18(2,3)25-11-10-15(14-9-8-13(22)12-16(14)23)17(24)21-26-19(4,5)20(6,7)27-21/h8-9,12H,10-11H2,1-7H3. The van der Waals surface area contributed by atoms with E-state index < -0.39 is 24.0 Å². The Morgan fingerprint density at radius 1 is 1.11 bits per heavy atom. The molecule has 2 rings (SSSR count). The van der Waals surface area contributed by atoms with Gasteiger partial charge in [0.2, 0.25) is 0 Å². The lowest BCUT2D eigenvalue weighted by atomic mass is 9.82. The summed E-state index contributed by atoms with van der Waals surface area (Å²) < 4.78 is 33.1. The molecule has 0 N–H and O–H groups in total. The SMILES string of the molecule is CC(C)(C)OCCC(=C(F)B1OC(C)(C)C(C)(C)O1)c1ccc(Cl)cc1Cl. The van der Waals surface area contributed by atoms with Gasteiger partial charge >= 0.3 is 7.12 Å². The lowest BCUT2D eigenvalue weighted by Gasteiger charge is -2.32. The Labute approximate surface area is 172 Å². The first-order chi connectivity index (χ1) is 12.2. The number of benzene rings is 1. The zero-order valence-corrected chi connectivity index (χ0v) is 18.6. The molecule has 1 heterocycles. The minimum atomic E-state index is -1.09. The molecule has 1 aromatic rings. The summed E-state index contributed by atoms with van der Waals surface area (Å²) in [5.74, 6) is 0. The minimum absolute atomic E-state index is 0.324. The third kappa shape index (κ3) is 5.48. The van der Waals surface area contributed by atoms with Crippen molar-refractivity contribution in [3.63, 3.8) is 0 Å². The molecule has 0 unspecified atom stereocenters. The Balaban J connectivity index is 2.40. The minimum Gasteiger partial charge on any atom is -0.398 e. The summed E-state index contributed by atoms with van der Waals surface area (Å²) >= 11 is 12.3. The van der Waals surface area contributed by atoms with Gasteiger partial charge in [-0.15, -0.1) is 0 Å². The van der Waals surface area contributed by atoms with Crippen LogP contribution in [0.5, 0.6) is 0 Å². The fraction of sp³-hybridized carbons (Fsp3) is 0.600. The predicted octanol–water partition coefficient (Wildman–Crippen LogP) is 6.51. The van der Waals surface area contributed by atoms with Crippen molar-refractivity contribution in [2.75, 3.05) is 6.61 Å². The molecule has 1 fully saturated rings. The monoisotopic (exact) mass is 416 g/mol. The molecule has 7 heteroatoms. The van der Waals surface area contributed by atoms with E-state index in [0.29, 0.717) is 34.2 Å². The van der Waals surface area contributed by atoms with Gasteiger partial charge in [-0.1, -0.05) is 29.3 Å². The fourth-order valence-electron chi connectivity index (χ4n) is 2.67. The van der Waals surface area contributed by atoms with E-state index >= 15 is 4.39 Å². The van der Waals surface area contributed by atoms with Crippen molar-refractivity contribution in [3.8, 4) is 0 Å². The third-order valence-electron chi connectivity index (χ3n) is 4.89. The van der Waals surface area contributed by atoms with Gasteiger partial charge in [-0.3, -0.25) is 0 Å². The van der Waals surface area contributed by atoms with E-state index in [4.69, 9.17) is 37.2 Å². The molecule has 1 saturated heterocycles. The largest absolute Gasteiger partial charge is 0.525 e. The molecular weight excluding hydrogens is 389 g/mol. The normalized spacial score (nSPS) is 20.0. The van der Waals surface area contributed by atoms with Crippen LogP contribution in [0.2, 0.25) is 10.0 Å². The lowest BCUT2D eigenvalue weighted by Crippen LogP contribution is -2.41. The highest BCUT2D eigenvalue weighted by Gasteiger charge is 2.53. The van der Waals surface area contributed by atoms with Gasteiger partial charge in [0.25, 0.3) is 0 Å². The number of rotatable bonds is 5. The first-order valence-corrected chi connectivity index (χ1v) is 9.83. The van der Waals surface area contributed by atoms with Crippen LogP contribution >= 0.6 is 23.2 Å². The maximum atomic E-state index is 15.5. The zero-order valence-electron chi connectivity index (χ0n) is 17.1. The van der Waals surface area contributed by atoms with E-state index in [1.54, 1.807) is 18.2 Å². The van der Waals surface area contributed by atoms with Crippen LogP contribution in [0.3, 0.4) is 0 Å².